The van der Waals surface area contributed by atoms with E-state index < -0.39 is 0 Å². The Morgan fingerprint density at radius 3 is 2.73 bits per heavy atom. The van der Waals surface area contributed by atoms with Crippen LogP contribution in [0.1, 0.15) is 11.1 Å². The fourth-order valence-electron chi connectivity index (χ4n) is 2.58. The summed E-state index contributed by atoms with van der Waals surface area (Å²) in [6, 6.07) is 18.4. The van der Waals surface area contributed by atoms with Gasteiger partial charge in [0.15, 0.2) is 5.65 Å². The molecule has 0 aliphatic heterocycles. The molecule has 0 bridgehead atoms. The van der Waals surface area contributed by atoms with Crippen LogP contribution in [0.2, 0.25) is 0 Å². The lowest BCUT2D eigenvalue weighted by Crippen LogP contribution is -1.98. The second-order valence-corrected chi connectivity index (χ2v) is 5.36. The summed E-state index contributed by atoms with van der Waals surface area (Å²) in [5.74, 6) is 0.830. The van der Waals surface area contributed by atoms with Gasteiger partial charge in [0.05, 0.1) is 5.52 Å². The molecule has 2 aromatic carbocycles. The van der Waals surface area contributed by atoms with Gasteiger partial charge in [-0.15, -0.1) is 10.2 Å². The summed E-state index contributed by atoms with van der Waals surface area (Å²) in [6.07, 6.45) is 1.72. The smallest absolute Gasteiger partial charge is 0.164 e. The molecular weight excluding hydrogens is 274 g/mol. The number of ether oxygens (including phenoxy) is 1. The number of pyridine rings is 1. The van der Waals surface area contributed by atoms with Crippen molar-refractivity contribution >= 4 is 16.6 Å². The van der Waals surface area contributed by atoms with Crippen molar-refractivity contribution in [2.75, 3.05) is 0 Å². The zero-order valence-corrected chi connectivity index (χ0v) is 12.2. The Morgan fingerprint density at radius 1 is 1.05 bits per heavy atom. The third-order valence-electron chi connectivity index (χ3n) is 3.78. The zero-order chi connectivity index (χ0) is 14.9. The molecule has 2 aromatic heterocycles. The molecule has 4 heteroatoms. The van der Waals surface area contributed by atoms with Crippen molar-refractivity contribution in [2.24, 2.45) is 0 Å². The molecule has 4 nitrogen and oxygen atoms in total. The summed E-state index contributed by atoms with van der Waals surface area (Å²) in [5, 5.41) is 9.16. The molecular formula is C18H15N3O. The Balaban J connectivity index is 1.74. The average Bonchev–Trinajstić information content (AvgIpc) is 3.03. The minimum absolute atomic E-state index is 0.536. The number of nitrogens with zero attached hydrogens (tertiary/aromatic N) is 3. The first-order valence-electron chi connectivity index (χ1n) is 7.21. The maximum atomic E-state index is 6.04. The zero-order valence-electron chi connectivity index (χ0n) is 12.2. The van der Waals surface area contributed by atoms with E-state index in [-0.39, 0.29) is 0 Å². The molecule has 0 saturated carbocycles. The van der Waals surface area contributed by atoms with E-state index in [0.717, 1.165) is 27.9 Å². The van der Waals surface area contributed by atoms with E-state index in [0.29, 0.717) is 6.61 Å². The lowest BCUT2D eigenvalue weighted by atomic mass is 10.1. The number of hydrogen-bond acceptors (Lipinski definition) is 3. The van der Waals surface area contributed by atoms with Crippen LogP contribution < -0.4 is 4.74 Å². The van der Waals surface area contributed by atoms with Crippen LogP contribution in [0.15, 0.2) is 60.9 Å². The summed E-state index contributed by atoms with van der Waals surface area (Å²) in [5.41, 5.74) is 4.23. The second-order valence-electron chi connectivity index (χ2n) is 5.36. The first-order valence-corrected chi connectivity index (χ1v) is 7.21. The van der Waals surface area contributed by atoms with Crippen molar-refractivity contribution in [3.63, 3.8) is 0 Å². The predicted octanol–water partition coefficient (Wildman–Crippen LogP) is 3.77. The van der Waals surface area contributed by atoms with Gasteiger partial charge in [-0.25, -0.2) is 0 Å². The number of para-hydroxylation sites is 1. The largest absolute Gasteiger partial charge is 0.488 e. The molecule has 108 valence electrons. The lowest BCUT2D eigenvalue weighted by Gasteiger charge is -2.11. The highest BCUT2D eigenvalue weighted by Gasteiger charge is 2.08. The van der Waals surface area contributed by atoms with E-state index in [4.69, 9.17) is 4.74 Å². The Morgan fingerprint density at radius 2 is 1.86 bits per heavy atom. The summed E-state index contributed by atoms with van der Waals surface area (Å²) < 4.78 is 8.01. The summed E-state index contributed by atoms with van der Waals surface area (Å²) in [6.45, 7) is 2.62. The highest BCUT2D eigenvalue weighted by atomic mass is 16.5. The first kappa shape index (κ1) is 12.8. The monoisotopic (exact) mass is 289 g/mol. The third kappa shape index (κ3) is 2.19. The number of aryl methyl sites for hydroxylation is 1. The SMILES string of the molecule is Cc1ccc(COc2cc3nncn3c3ccccc23)cc1. The Labute approximate surface area is 128 Å². The predicted molar refractivity (Wildman–Crippen MR) is 86.0 cm³/mol. The summed E-state index contributed by atoms with van der Waals surface area (Å²) >= 11 is 0. The number of benzene rings is 2. The molecule has 4 rings (SSSR count). The minimum atomic E-state index is 0.536. The van der Waals surface area contributed by atoms with Crippen LogP contribution in [0, 0.1) is 6.92 Å². The van der Waals surface area contributed by atoms with Gasteiger partial charge in [0, 0.05) is 11.5 Å². The first-order chi connectivity index (χ1) is 10.8. The van der Waals surface area contributed by atoms with Gasteiger partial charge >= 0.3 is 0 Å². The van der Waals surface area contributed by atoms with E-state index in [1.807, 2.05) is 28.7 Å². The molecule has 0 spiro atoms. The minimum Gasteiger partial charge on any atom is -0.488 e. The number of fused-ring (bicyclic) bond motifs is 3. The highest BCUT2D eigenvalue weighted by Crippen LogP contribution is 2.27. The maximum absolute atomic E-state index is 6.04. The van der Waals surface area contributed by atoms with Gasteiger partial charge < -0.3 is 4.74 Å². The van der Waals surface area contributed by atoms with Gasteiger partial charge in [-0.2, -0.15) is 0 Å². The molecule has 2 heterocycles. The molecule has 22 heavy (non-hydrogen) atoms. The summed E-state index contributed by atoms with van der Waals surface area (Å²) in [4.78, 5) is 0. The van der Waals surface area contributed by atoms with E-state index in [9.17, 15) is 0 Å². The fourth-order valence-corrected chi connectivity index (χ4v) is 2.58. The maximum Gasteiger partial charge on any atom is 0.164 e. The number of aromatic nitrogens is 3. The van der Waals surface area contributed by atoms with Gasteiger partial charge in [-0.05, 0) is 24.6 Å². The average molecular weight is 289 g/mol. The van der Waals surface area contributed by atoms with Gasteiger partial charge in [0.1, 0.15) is 18.7 Å². The van der Waals surface area contributed by atoms with Crippen LogP contribution in [0.4, 0.5) is 0 Å². The number of rotatable bonds is 3. The van der Waals surface area contributed by atoms with Gasteiger partial charge in [-0.3, -0.25) is 4.40 Å². The fraction of sp³-hybridized carbons (Fsp3) is 0.111. The topological polar surface area (TPSA) is 39.4 Å². The quantitative estimate of drug-likeness (QED) is 0.576. The van der Waals surface area contributed by atoms with Crippen molar-refractivity contribution in [3.8, 4) is 5.75 Å². The molecule has 0 fully saturated rings. The molecule has 0 radical (unpaired) electrons. The van der Waals surface area contributed by atoms with Crippen molar-refractivity contribution in [1.82, 2.24) is 14.6 Å². The van der Waals surface area contributed by atoms with E-state index >= 15 is 0 Å². The van der Waals surface area contributed by atoms with Crippen LogP contribution in [-0.2, 0) is 6.61 Å². The summed E-state index contributed by atoms with van der Waals surface area (Å²) in [7, 11) is 0. The molecule has 0 amide bonds. The van der Waals surface area contributed by atoms with Gasteiger partial charge in [-0.1, -0.05) is 42.0 Å². The van der Waals surface area contributed by atoms with Crippen molar-refractivity contribution in [3.05, 3.63) is 72.1 Å². The van der Waals surface area contributed by atoms with Crippen molar-refractivity contribution in [2.45, 2.75) is 13.5 Å². The Hall–Kier alpha value is -2.88. The van der Waals surface area contributed by atoms with Crippen LogP contribution in [0.25, 0.3) is 16.6 Å². The third-order valence-corrected chi connectivity index (χ3v) is 3.78. The van der Waals surface area contributed by atoms with E-state index in [2.05, 4.69) is 47.5 Å². The van der Waals surface area contributed by atoms with Crippen LogP contribution in [-0.4, -0.2) is 14.6 Å². The molecule has 0 N–H and O–H groups in total. The highest BCUT2D eigenvalue weighted by molar-refractivity contribution is 5.88. The van der Waals surface area contributed by atoms with Gasteiger partial charge in [0.25, 0.3) is 0 Å². The second kappa shape index (κ2) is 5.15. The molecule has 0 aliphatic rings. The van der Waals surface area contributed by atoms with Crippen molar-refractivity contribution < 1.29 is 4.74 Å². The lowest BCUT2D eigenvalue weighted by molar-refractivity contribution is 0.310. The van der Waals surface area contributed by atoms with Crippen LogP contribution in [0.3, 0.4) is 0 Å². The van der Waals surface area contributed by atoms with E-state index in [1.54, 1.807) is 6.33 Å². The standard InChI is InChI=1S/C18H15N3O/c1-13-6-8-14(9-7-13)11-22-17-10-18-20-19-12-21(18)16-5-3-2-4-15(16)17/h2-10,12H,11H2,1H3. The van der Waals surface area contributed by atoms with Crippen LogP contribution in [0.5, 0.6) is 5.75 Å². The molecule has 0 atom stereocenters. The number of hydrogen-bond donors (Lipinski definition) is 0. The molecule has 4 aromatic rings. The molecule has 0 saturated heterocycles. The van der Waals surface area contributed by atoms with Gasteiger partial charge in [0.2, 0.25) is 0 Å². The van der Waals surface area contributed by atoms with Crippen LogP contribution >= 0.6 is 0 Å². The normalized spacial score (nSPS) is 11.1. The molecule has 0 unspecified atom stereocenters. The Bertz CT molecular complexity index is 942. The molecule has 0 aliphatic carbocycles. The van der Waals surface area contributed by atoms with E-state index in [1.165, 1.54) is 5.56 Å². The Kier molecular flexibility index (Phi) is 3.00. The van der Waals surface area contributed by atoms with Crippen molar-refractivity contribution in [1.29, 1.82) is 0 Å².